The van der Waals surface area contributed by atoms with Gasteiger partial charge in [0.05, 0.1) is 11.1 Å². The topological polar surface area (TPSA) is 72.2 Å². The highest BCUT2D eigenvalue weighted by molar-refractivity contribution is 5.94. The van der Waals surface area contributed by atoms with Crippen LogP contribution < -0.4 is 5.32 Å². The smallest absolute Gasteiger partial charge is 0.250 e. The lowest BCUT2D eigenvalue weighted by Crippen LogP contribution is -1.95. The number of benzene rings is 1. The van der Waals surface area contributed by atoms with Gasteiger partial charge in [0.25, 0.3) is 0 Å². The molecule has 1 aromatic carbocycles. The summed E-state index contributed by atoms with van der Waals surface area (Å²) in [4.78, 5) is 20.4. The summed E-state index contributed by atoms with van der Waals surface area (Å²) in [6, 6.07) is 6.74. The lowest BCUT2D eigenvalue weighted by molar-refractivity contribution is -0.402. The van der Waals surface area contributed by atoms with E-state index in [1.54, 1.807) is 24.3 Å². The average Bonchev–Trinajstić information content (AvgIpc) is 2.17. The van der Waals surface area contributed by atoms with Gasteiger partial charge in [-0.3, -0.25) is 14.9 Å². The summed E-state index contributed by atoms with van der Waals surface area (Å²) < 4.78 is 0. The van der Waals surface area contributed by atoms with E-state index < -0.39 is 4.92 Å². The maximum Gasteiger partial charge on any atom is 0.250 e. The summed E-state index contributed by atoms with van der Waals surface area (Å²) in [5.74, 6) is -0.0445. The van der Waals surface area contributed by atoms with Gasteiger partial charge in [-0.1, -0.05) is 12.1 Å². The molecule has 0 unspecified atom stereocenters. The number of hydrogen-bond donors (Lipinski definition) is 1. The van der Waals surface area contributed by atoms with Gasteiger partial charge in [0, 0.05) is 11.3 Å². The van der Waals surface area contributed by atoms with Gasteiger partial charge in [-0.05, 0) is 19.1 Å². The molecule has 1 rings (SSSR count). The molecule has 0 heterocycles. The number of ketones is 1. The summed E-state index contributed by atoms with van der Waals surface area (Å²) in [7, 11) is 0. The molecule has 1 aromatic rings. The monoisotopic (exact) mass is 206 g/mol. The van der Waals surface area contributed by atoms with Gasteiger partial charge >= 0.3 is 0 Å². The molecule has 78 valence electrons. The van der Waals surface area contributed by atoms with Crippen LogP contribution in [0.15, 0.2) is 36.7 Å². The van der Waals surface area contributed by atoms with Crippen molar-refractivity contribution in [2.24, 2.45) is 0 Å². The molecule has 0 aliphatic rings. The van der Waals surface area contributed by atoms with Crippen molar-refractivity contribution in [1.29, 1.82) is 0 Å². The molecular formula is C10H10N2O3. The number of carbonyl (C=O) groups is 1. The van der Waals surface area contributed by atoms with Gasteiger partial charge in [-0.25, -0.2) is 0 Å². The number of nitro groups is 1. The van der Waals surface area contributed by atoms with Crippen molar-refractivity contribution >= 4 is 11.5 Å². The minimum absolute atomic E-state index is 0.0445. The first-order valence-electron chi connectivity index (χ1n) is 4.27. The van der Waals surface area contributed by atoms with Crippen LogP contribution in [-0.2, 0) is 0 Å². The van der Waals surface area contributed by atoms with Gasteiger partial charge in [-0.2, -0.15) is 0 Å². The summed E-state index contributed by atoms with van der Waals surface area (Å²) in [6.45, 7) is 1.46. The van der Waals surface area contributed by atoms with Crippen LogP contribution >= 0.6 is 0 Å². The lowest BCUT2D eigenvalue weighted by atomic mass is 10.1. The molecule has 5 nitrogen and oxygen atoms in total. The molecule has 15 heavy (non-hydrogen) atoms. The van der Waals surface area contributed by atoms with Gasteiger partial charge < -0.3 is 5.32 Å². The molecule has 5 heteroatoms. The Morgan fingerprint density at radius 3 is 2.87 bits per heavy atom. The first kappa shape index (κ1) is 10.9. The molecular weight excluding hydrogens is 196 g/mol. The van der Waals surface area contributed by atoms with Crippen molar-refractivity contribution in [3.8, 4) is 0 Å². The fraction of sp³-hybridized carbons (Fsp3) is 0.100. The highest BCUT2D eigenvalue weighted by Crippen LogP contribution is 2.10. The van der Waals surface area contributed by atoms with Crippen molar-refractivity contribution in [3.63, 3.8) is 0 Å². The second-order valence-electron chi connectivity index (χ2n) is 2.88. The molecule has 0 bridgehead atoms. The second kappa shape index (κ2) is 4.90. The van der Waals surface area contributed by atoms with Crippen LogP contribution in [0, 0.1) is 10.1 Å². The molecule has 0 saturated carbocycles. The van der Waals surface area contributed by atoms with Crippen molar-refractivity contribution < 1.29 is 9.72 Å². The number of carbonyl (C=O) groups excluding carboxylic acids is 1. The average molecular weight is 206 g/mol. The molecule has 0 atom stereocenters. The zero-order valence-corrected chi connectivity index (χ0v) is 8.14. The van der Waals surface area contributed by atoms with Crippen LogP contribution in [0.25, 0.3) is 0 Å². The molecule has 0 spiro atoms. The Bertz CT molecular complexity index is 413. The Morgan fingerprint density at radius 2 is 2.27 bits per heavy atom. The predicted molar refractivity (Wildman–Crippen MR) is 56.2 cm³/mol. The molecule has 0 aromatic heterocycles. The first-order valence-corrected chi connectivity index (χ1v) is 4.27. The third-order valence-corrected chi connectivity index (χ3v) is 1.72. The Morgan fingerprint density at radius 1 is 1.53 bits per heavy atom. The van der Waals surface area contributed by atoms with E-state index >= 15 is 0 Å². The number of nitrogens with one attached hydrogen (secondary N) is 1. The van der Waals surface area contributed by atoms with Crippen molar-refractivity contribution in [3.05, 3.63) is 52.3 Å². The lowest BCUT2D eigenvalue weighted by Gasteiger charge is -2.01. The summed E-state index contributed by atoms with van der Waals surface area (Å²) in [5, 5.41) is 12.7. The largest absolute Gasteiger partial charge is 0.356 e. The van der Waals surface area contributed by atoms with Crippen LogP contribution in [0.1, 0.15) is 17.3 Å². The van der Waals surface area contributed by atoms with Crippen LogP contribution in [0.4, 0.5) is 5.69 Å². The zero-order chi connectivity index (χ0) is 11.3. The molecule has 0 radical (unpaired) electrons. The number of anilines is 1. The highest BCUT2D eigenvalue weighted by atomic mass is 16.6. The highest BCUT2D eigenvalue weighted by Gasteiger charge is 1.98. The molecule has 0 amide bonds. The number of nitrogens with zero attached hydrogens (tertiary/aromatic N) is 1. The molecule has 0 fully saturated rings. The van der Waals surface area contributed by atoms with E-state index in [1.165, 1.54) is 13.1 Å². The third-order valence-electron chi connectivity index (χ3n) is 1.72. The molecule has 1 N–H and O–H groups in total. The maximum absolute atomic E-state index is 11.0. The van der Waals surface area contributed by atoms with E-state index in [0.717, 1.165) is 6.20 Å². The van der Waals surface area contributed by atoms with Crippen LogP contribution in [-0.4, -0.2) is 10.7 Å². The van der Waals surface area contributed by atoms with E-state index in [1.807, 2.05) is 0 Å². The van der Waals surface area contributed by atoms with Crippen molar-refractivity contribution in [2.45, 2.75) is 6.92 Å². The van der Waals surface area contributed by atoms with E-state index in [2.05, 4.69) is 5.32 Å². The van der Waals surface area contributed by atoms with Crippen LogP contribution in [0.5, 0.6) is 0 Å². The minimum atomic E-state index is -0.568. The van der Waals surface area contributed by atoms with Crippen molar-refractivity contribution in [2.75, 3.05) is 5.32 Å². The standard InChI is InChI=1S/C10H10N2O3/c1-8(13)9-3-2-4-10(7-9)11-5-6-12(14)15/h2-7,11H,1H3. The second-order valence-corrected chi connectivity index (χ2v) is 2.88. The van der Waals surface area contributed by atoms with E-state index in [0.29, 0.717) is 11.3 Å². The van der Waals surface area contributed by atoms with Gasteiger partial charge in [0.2, 0.25) is 6.20 Å². The number of Topliss-reactive ketones (excluding diaryl/α,β-unsaturated/α-hetero) is 1. The fourth-order valence-electron chi connectivity index (χ4n) is 1.02. The SMILES string of the molecule is CC(=O)c1cccc(NC=C[N+](=O)[O-])c1. The Labute approximate surface area is 86.6 Å². The number of hydrogen-bond acceptors (Lipinski definition) is 4. The number of rotatable bonds is 4. The van der Waals surface area contributed by atoms with E-state index in [4.69, 9.17) is 0 Å². The fourth-order valence-corrected chi connectivity index (χ4v) is 1.02. The zero-order valence-electron chi connectivity index (χ0n) is 8.14. The Balaban J connectivity index is 2.74. The quantitative estimate of drug-likeness (QED) is 0.465. The normalized spacial score (nSPS) is 10.2. The van der Waals surface area contributed by atoms with Gasteiger partial charge in [0.15, 0.2) is 5.78 Å². The third kappa shape index (κ3) is 3.60. The molecule has 0 aliphatic carbocycles. The Hall–Kier alpha value is -2.17. The molecule has 0 saturated heterocycles. The van der Waals surface area contributed by atoms with Crippen LogP contribution in [0.2, 0.25) is 0 Å². The maximum atomic E-state index is 11.0. The van der Waals surface area contributed by atoms with Gasteiger partial charge in [-0.15, -0.1) is 0 Å². The van der Waals surface area contributed by atoms with Gasteiger partial charge in [0.1, 0.15) is 0 Å². The molecule has 0 aliphatic heterocycles. The van der Waals surface area contributed by atoms with E-state index in [9.17, 15) is 14.9 Å². The Kier molecular flexibility index (Phi) is 3.56. The first-order chi connectivity index (χ1) is 7.09. The van der Waals surface area contributed by atoms with E-state index in [-0.39, 0.29) is 5.78 Å². The summed E-state index contributed by atoms with van der Waals surface area (Å²) >= 11 is 0. The summed E-state index contributed by atoms with van der Waals surface area (Å²) in [6.07, 6.45) is 2.00. The summed E-state index contributed by atoms with van der Waals surface area (Å²) in [5.41, 5.74) is 1.20. The minimum Gasteiger partial charge on any atom is -0.356 e. The predicted octanol–water partition coefficient (Wildman–Crippen LogP) is 2.05. The van der Waals surface area contributed by atoms with Crippen molar-refractivity contribution in [1.82, 2.24) is 0 Å². The van der Waals surface area contributed by atoms with Crippen LogP contribution in [0.3, 0.4) is 0 Å².